The Hall–Kier alpha value is -0.120. The van der Waals surface area contributed by atoms with E-state index in [2.05, 4.69) is 24.2 Å². The van der Waals surface area contributed by atoms with Crippen LogP contribution in [-0.2, 0) is 4.74 Å². The van der Waals surface area contributed by atoms with Crippen LogP contribution >= 0.6 is 0 Å². The molecule has 1 N–H and O–H groups in total. The smallest absolute Gasteiger partial charge is 0.0546 e. The molecule has 3 nitrogen and oxygen atoms in total. The van der Waals surface area contributed by atoms with E-state index in [1.54, 1.807) is 0 Å². The maximum absolute atomic E-state index is 5.75. The summed E-state index contributed by atoms with van der Waals surface area (Å²) in [5.41, 5.74) is 0.360. The van der Waals surface area contributed by atoms with E-state index in [1.165, 1.54) is 38.6 Å². The Labute approximate surface area is 106 Å². The van der Waals surface area contributed by atoms with Gasteiger partial charge < -0.3 is 15.0 Å². The van der Waals surface area contributed by atoms with E-state index in [1.807, 2.05) is 0 Å². The zero-order valence-electron chi connectivity index (χ0n) is 11.5. The second-order valence-electron chi connectivity index (χ2n) is 5.94. The zero-order valence-corrected chi connectivity index (χ0v) is 11.5. The van der Waals surface area contributed by atoms with E-state index in [0.717, 1.165) is 32.3 Å². The Morgan fingerprint density at radius 1 is 1.35 bits per heavy atom. The Balaban J connectivity index is 1.88. The van der Waals surface area contributed by atoms with Crippen LogP contribution in [0.3, 0.4) is 0 Å². The topological polar surface area (TPSA) is 24.5 Å². The van der Waals surface area contributed by atoms with Crippen molar-refractivity contribution in [3.8, 4) is 0 Å². The molecular formula is C14H28N2O. The molecule has 0 aromatic rings. The number of nitrogens with zero attached hydrogens (tertiary/aromatic N) is 1. The Morgan fingerprint density at radius 2 is 2.18 bits per heavy atom. The van der Waals surface area contributed by atoms with Crippen molar-refractivity contribution in [2.24, 2.45) is 5.41 Å². The standard InChI is InChI=1S/C14H28N2O/c1-3-15-10-14(8-5-9-17-12-14)11-16(2)13-6-4-7-13/h13,15H,3-12H2,1-2H3. The lowest BCUT2D eigenvalue weighted by molar-refractivity contribution is -0.0333. The van der Waals surface area contributed by atoms with Gasteiger partial charge in [-0.15, -0.1) is 0 Å². The lowest BCUT2D eigenvalue weighted by atomic mass is 9.80. The predicted molar refractivity (Wildman–Crippen MR) is 71.3 cm³/mol. The van der Waals surface area contributed by atoms with Crippen molar-refractivity contribution in [1.29, 1.82) is 0 Å². The third-order valence-corrected chi connectivity index (χ3v) is 4.44. The fraction of sp³-hybridized carbons (Fsp3) is 1.00. The number of hydrogen-bond donors (Lipinski definition) is 1. The third kappa shape index (κ3) is 3.43. The summed E-state index contributed by atoms with van der Waals surface area (Å²) in [6.07, 6.45) is 6.76. The second-order valence-corrected chi connectivity index (χ2v) is 5.94. The summed E-state index contributed by atoms with van der Waals surface area (Å²) in [7, 11) is 2.30. The molecule has 0 spiro atoms. The molecule has 0 aromatic carbocycles. The van der Waals surface area contributed by atoms with Crippen molar-refractivity contribution in [3.05, 3.63) is 0 Å². The van der Waals surface area contributed by atoms with E-state index in [4.69, 9.17) is 4.74 Å². The second kappa shape index (κ2) is 6.17. The van der Waals surface area contributed by atoms with Gasteiger partial charge in [0.1, 0.15) is 0 Å². The molecule has 1 saturated heterocycles. The highest BCUT2D eigenvalue weighted by Gasteiger charge is 2.36. The van der Waals surface area contributed by atoms with Gasteiger partial charge in [-0.1, -0.05) is 13.3 Å². The maximum atomic E-state index is 5.75. The predicted octanol–water partition coefficient (Wildman–Crippen LogP) is 1.88. The minimum atomic E-state index is 0.360. The molecule has 3 heteroatoms. The molecule has 0 amide bonds. The first-order chi connectivity index (χ1) is 8.26. The largest absolute Gasteiger partial charge is 0.381 e. The molecule has 0 aromatic heterocycles. The van der Waals surface area contributed by atoms with E-state index < -0.39 is 0 Å². The van der Waals surface area contributed by atoms with Crippen molar-refractivity contribution in [3.63, 3.8) is 0 Å². The summed E-state index contributed by atoms with van der Waals surface area (Å²) >= 11 is 0. The summed E-state index contributed by atoms with van der Waals surface area (Å²) in [6.45, 7) is 7.46. The molecule has 1 aliphatic heterocycles. The molecule has 0 bridgehead atoms. The van der Waals surface area contributed by atoms with Crippen LogP contribution in [0.1, 0.15) is 39.0 Å². The average Bonchev–Trinajstić information content (AvgIpc) is 2.25. The summed E-state index contributed by atoms with van der Waals surface area (Å²) in [6, 6.07) is 0.843. The zero-order chi connectivity index (χ0) is 12.1. The van der Waals surface area contributed by atoms with Gasteiger partial charge in [-0.25, -0.2) is 0 Å². The molecule has 2 rings (SSSR count). The minimum absolute atomic E-state index is 0.360. The van der Waals surface area contributed by atoms with Crippen molar-refractivity contribution >= 4 is 0 Å². The van der Waals surface area contributed by atoms with Crippen LogP contribution in [-0.4, -0.2) is 50.8 Å². The fourth-order valence-electron chi connectivity index (χ4n) is 3.11. The Morgan fingerprint density at radius 3 is 2.71 bits per heavy atom. The molecule has 17 heavy (non-hydrogen) atoms. The van der Waals surface area contributed by atoms with Gasteiger partial charge >= 0.3 is 0 Å². The van der Waals surface area contributed by atoms with Gasteiger partial charge in [0, 0.05) is 31.2 Å². The SMILES string of the molecule is CCNCC1(CN(C)C2CCC2)CCCOC1. The lowest BCUT2D eigenvalue weighted by Gasteiger charge is -2.44. The van der Waals surface area contributed by atoms with E-state index in [0.29, 0.717) is 5.41 Å². The molecule has 2 fully saturated rings. The molecule has 0 radical (unpaired) electrons. The Bertz CT molecular complexity index is 222. The van der Waals surface area contributed by atoms with Crippen molar-refractivity contribution in [2.45, 2.75) is 45.1 Å². The Kier molecular flexibility index (Phi) is 4.83. The van der Waals surface area contributed by atoms with Crippen LogP contribution in [0.4, 0.5) is 0 Å². The van der Waals surface area contributed by atoms with Crippen LogP contribution in [0.15, 0.2) is 0 Å². The molecule has 1 unspecified atom stereocenters. The van der Waals surface area contributed by atoms with Crippen LogP contribution in [0, 0.1) is 5.41 Å². The number of hydrogen-bond acceptors (Lipinski definition) is 3. The maximum Gasteiger partial charge on any atom is 0.0546 e. The van der Waals surface area contributed by atoms with Gasteiger partial charge in [-0.2, -0.15) is 0 Å². The molecule has 1 heterocycles. The molecular weight excluding hydrogens is 212 g/mol. The number of nitrogens with one attached hydrogen (secondary N) is 1. The molecule has 1 aliphatic carbocycles. The average molecular weight is 240 g/mol. The molecule has 1 saturated carbocycles. The third-order valence-electron chi connectivity index (χ3n) is 4.44. The van der Waals surface area contributed by atoms with Gasteiger partial charge in [0.25, 0.3) is 0 Å². The highest BCUT2D eigenvalue weighted by molar-refractivity contribution is 4.89. The van der Waals surface area contributed by atoms with Crippen LogP contribution < -0.4 is 5.32 Å². The first-order valence-electron chi connectivity index (χ1n) is 7.24. The highest BCUT2D eigenvalue weighted by Crippen LogP contribution is 2.32. The summed E-state index contributed by atoms with van der Waals surface area (Å²) in [5, 5.41) is 3.53. The first-order valence-corrected chi connectivity index (χ1v) is 7.24. The molecule has 100 valence electrons. The summed E-state index contributed by atoms with van der Waals surface area (Å²) in [4.78, 5) is 2.58. The van der Waals surface area contributed by atoms with Crippen molar-refractivity contribution in [1.82, 2.24) is 10.2 Å². The van der Waals surface area contributed by atoms with E-state index in [-0.39, 0.29) is 0 Å². The minimum Gasteiger partial charge on any atom is -0.381 e. The molecule has 1 atom stereocenters. The fourth-order valence-corrected chi connectivity index (χ4v) is 3.11. The van der Waals surface area contributed by atoms with Gasteiger partial charge in [0.2, 0.25) is 0 Å². The van der Waals surface area contributed by atoms with E-state index >= 15 is 0 Å². The summed E-state index contributed by atoms with van der Waals surface area (Å²) in [5.74, 6) is 0. The summed E-state index contributed by atoms with van der Waals surface area (Å²) < 4.78 is 5.75. The van der Waals surface area contributed by atoms with Gasteiger partial charge in [0.15, 0.2) is 0 Å². The first kappa shape index (κ1) is 13.3. The van der Waals surface area contributed by atoms with Crippen molar-refractivity contribution < 1.29 is 4.74 Å². The van der Waals surface area contributed by atoms with Crippen molar-refractivity contribution in [2.75, 3.05) is 39.9 Å². The number of rotatable bonds is 6. The van der Waals surface area contributed by atoms with Gasteiger partial charge in [0.05, 0.1) is 6.61 Å². The number of ether oxygens (including phenoxy) is 1. The normalized spacial score (nSPS) is 30.5. The lowest BCUT2D eigenvalue weighted by Crippen LogP contribution is -2.51. The quantitative estimate of drug-likeness (QED) is 0.767. The van der Waals surface area contributed by atoms with Crippen LogP contribution in [0.25, 0.3) is 0 Å². The molecule has 2 aliphatic rings. The van der Waals surface area contributed by atoms with E-state index in [9.17, 15) is 0 Å². The van der Waals surface area contributed by atoms with Crippen LogP contribution in [0.5, 0.6) is 0 Å². The highest BCUT2D eigenvalue weighted by atomic mass is 16.5. The van der Waals surface area contributed by atoms with Crippen LogP contribution in [0.2, 0.25) is 0 Å². The van der Waals surface area contributed by atoms with Gasteiger partial charge in [-0.05, 0) is 39.3 Å². The van der Waals surface area contributed by atoms with Gasteiger partial charge in [-0.3, -0.25) is 0 Å². The monoisotopic (exact) mass is 240 g/mol.